The summed E-state index contributed by atoms with van der Waals surface area (Å²) in [6.07, 6.45) is 0.176. The van der Waals surface area contributed by atoms with Crippen molar-refractivity contribution < 1.29 is 24.3 Å². The van der Waals surface area contributed by atoms with Crippen LogP contribution in [-0.2, 0) is 29.2 Å². The number of anilines is 1. The highest BCUT2D eigenvalue weighted by Gasteiger charge is 2.28. The molecule has 45 heavy (non-hydrogen) atoms. The Bertz CT molecular complexity index is 1910. The van der Waals surface area contributed by atoms with Crippen molar-refractivity contribution in [3.8, 4) is 28.3 Å². The fourth-order valence-corrected chi connectivity index (χ4v) is 5.11. The van der Waals surface area contributed by atoms with Gasteiger partial charge in [-0.15, -0.1) is 20.3 Å². The third-order valence-corrected chi connectivity index (χ3v) is 7.27. The molecule has 2 aromatic heterocycles. The first-order valence-corrected chi connectivity index (χ1v) is 14.0. The van der Waals surface area contributed by atoms with Gasteiger partial charge in [0, 0.05) is 23.2 Å². The summed E-state index contributed by atoms with van der Waals surface area (Å²) in [7, 11) is 0. The summed E-state index contributed by atoms with van der Waals surface area (Å²) in [5.41, 5.74) is 5.74. The van der Waals surface area contributed by atoms with Crippen molar-refractivity contribution in [1.82, 2.24) is 30.2 Å². The zero-order valence-corrected chi connectivity index (χ0v) is 24.3. The van der Waals surface area contributed by atoms with Gasteiger partial charge in [0.15, 0.2) is 0 Å². The van der Waals surface area contributed by atoms with Crippen LogP contribution in [0.1, 0.15) is 34.6 Å². The first kappa shape index (κ1) is 29.0. The highest BCUT2D eigenvalue weighted by Crippen LogP contribution is 2.32. The first-order chi connectivity index (χ1) is 21.7. The van der Waals surface area contributed by atoms with Crippen LogP contribution in [-0.4, -0.2) is 47.3 Å². The zero-order valence-electron chi connectivity index (χ0n) is 24.3. The van der Waals surface area contributed by atoms with E-state index in [9.17, 15) is 19.7 Å². The largest absolute Gasteiger partial charge is 0.459 e. The Labute approximate surface area is 256 Å². The van der Waals surface area contributed by atoms with Crippen LogP contribution in [0.15, 0.2) is 72.8 Å². The summed E-state index contributed by atoms with van der Waals surface area (Å²) in [6, 6.07) is 21.3. The molecule has 1 aliphatic heterocycles. The van der Waals surface area contributed by atoms with Crippen LogP contribution in [0, 0.1) is 24.0 Å². The molecule has 3 aromatic carbocycles. The molecule has 6 rings (SSSR count). The van der Waals surface area contributed by atoms with Gasteiger partial charge in [-0.25, -0.2) is 14.8 Å². The summed E-state index contributed by atoms with van der Waals surface area (Å²) >= 11 is 0. The number of hydrogen-bond donors (Lipinski definition) is 0. The topological polar surface area (TPSA) is 168 Å². The minimum Gasteiger partial charge on any atom is -0.408 e. The third kappa shape index (κ3) is 6.34. The smallest absolute Gasteiger partial charge is 0.408 e. The second-order valence-corrected chi connectivity index (χ2v) is 10.3. The summed E-state index contributed by atoms with van der Waals surface area (Å²) in [5, 5.41) is 21.7. The number of tetrazole rings is 1. The monoisotopic (exact) mass is 606 g/mol. The minimum atomic E-state index is -0.883. The molecule has 0 saturated carbocycles. The van der Waals surface area contributed by atoms with Crippen molar-refractivity contribution >= 4 is 17.8 Å². The summed E-state index contributed by atoms with van der Waals surface area (Å²) < 4.78 is 5.31. The number of hydrogen-bond acceptors (Lipinski definition) is 11. The molecule has 226 valence electrons. The molecule has 5 aromatic rings. The average Bonchev–Trinajstić information content (AvgIpc) is 3.53. The van der Waals surface area contributed by atoms with Crippen molar-refractivity contribution in [1.29, 1.82) is 0 Å². The van der Waals surface area contributed by atoms with Gasteiger partial charge >= 0.3 is 6.09 Å². The van der Waals surface area contributed by atoms with Crippen molar-refractivity contribution in [3.63, 3.8) is 0 Å². The number of carbonyl (C=O) groups is 2. The van der Waals surface area contributed by atoms with Crippen LogP contribution < -0.4 is 9.64 Å². The highest BCUT2D eigenvalue weighted by atomic mass is 16.9. The van der Waals surface area contributed by atoms with Crippen LogP contribution in [0.25, 0.3) is 22.5 Å². The maximum Gasteiger partial charge on any atom is 0.459 e. The Morgan fingerprint density at radius 1 is 0.933 bits per heavy atom. The summed E-state index contributed by atoms with van der Waals surface area (Å²) in [4.78, 5) is 51.8. The predicted octanol–water partition coefficient (Wildman–Crippen LogP) is 4.65. The number of fused-ring (bicyclic) bond motifs is 1. The van der Waals surface area contributed by atoms with E-state index in [1.165, 1.54) is 24.3 Å². The van der Waals surface area contributed by atoms with E-state index < -0.39 is 11.2 Å². The van der Waals surface area contributed by atoms with Gasteiger partial charge in [0.2, 0.25) is 11.7 Å². The van der Waals surface area contributed by atoms with Gasteiger partial charge in [0.1, 0.15) is 24.0 Å². The van der Waals surface area contributed by atoms with E-state index in [0.29, 0.717) is 42.2 Å². The van der Waals surface area contributed by atoms with E-state index >= 15 is 0 Å². The first-order valence-electron chi connectivity index (χ1n) is 14.0. The molecule has 14 nitrogen and oxygen atoms in total. The number of rotatable bonds is 8. The lowest BCUT2D eigenvalue weighted by Crippen LogP contribution is -2.36. The van der Waals surface area contributed by atoms with Crippen LogP contribution in [0.2, 0.25) is 0 Å². The molecule has 3 heterocycles. The van der Waals surface area contributed by atoms with Gasteiger partial charge in [-0.05, 0) is 59.9 Å². The molecule has 0 unspecified atom stereocenters. The van der Waals surface area contributed by atoms with Gasteiger partial charge in [0.25, 0.3) is 5.09 Å². The molecule has 0 aliphatic carbocycles. The van der Waals surface area contributed by atoms with E-state index in [-0.39, 0.29) is 24.1 Å². The summed E-state index contributed by atoms with van der Waals surface area (Å²) in [5.74, 6) is 1.75. The van der Waals surface area contributed by atoms with Crippen LogP contribution in [0.4, 0.5) is 10.6 Å². The molecule has 1 aliphatic rings. The Morgan fingerprint density at radius 2 is 1.64 bits per heavy atom. The van der Waals surface area contributed by atoms with Gasteiger partial charge in [-0.1, -0.05) is 65.5 Å². The number of aromatic nitrogens is 6. The molecule has 0 fully saturated rings. The van der Waals surface area contributed by atoms with E-state index in [1.54, 1.807) is 4.90 Å². The second kappa shape index (κ2) is 12.3. The minimum absolute atomic E-state index is 0.0291. The van der Waals surface area contributed by atoms with E-state index in [1.807, 2.05) is 62.4 Å². The van der Waals surface area contributed by atoms with E-state index in [2.05, 4.69) is 30.2 Å². The van der Waals surface area contributed by atoms with Crippen molar-refractivity contribution in [3.05, 3.63) is 111 Å². The molecule has 1 amide bonds. The molecule has 0 atom stereocenters. The van der Waals surface area contributed by atoms with Crippen LogP contribution >= 0.6 is 0 Å². The molecule has 0 radical (unpaired) electrons. The lowest BCUT2D eigenvalue weighted by Gasteiger charge is -2.29. The number of ether oxygens (including phenoxy) is 1. The Balaban J connectivity index is 1.17. The summed E-state index contributed by atoms with van der Waals surface area (Å²) in [6.45, 7) is 3.94. The molecule has 0 bridgehead atoms. The SMILES string of the molecule is Cc1nc(C)c2c(n1)N(Cc1ccc(-c3ccccc3-c3nnn(C(=O)Oc4ccc(CO[N+](=O)[O-])cc4)n3)cc1)C(=O)CC2. The number of amides is 1. The van der Waals surface area contributed by atoms with E-state index in [4.69, 9.17) is 4.74 Å². The van der Waals surface area contributed by atoms with E-state index in [0.717, 1.165) is 32.7 Å². The molecular formula is C31H26N8O6. The predicted molar refractivity (Wildman–Crippen MR) is 159 cm³/mol. The van der Waals surface area contributed by atoms with Crippen molar-refractivity contribution in [2.24, 2.45) is 0 Å². The highest BCUT2D eigenvalue weighted by molar-refractivity contribution is 5.95. The third-order valence-electron chi connectivity index (χ3n) is 7.27. The van der Waals surface area contributed by atoms with Gasteiger partial charge < -0.3 is 9.57 Å². The van der Waals surface area contributed by atoms with Gasteiger partial charge in [-0.2, -0.15) is 0 Å². The maximum atomic E-state index is 12.9. The van der Waals surface area contributed by atoms with Gasteiger partial charge in [0.05, 0.1) is 6.54 Å². The maximum absolute atomic E-state index is 12.9. The Morgan fingerprint density at radius 3 is 2.38 bits per heavy atom. The number of aryl methyl sites for hydroxylation is 2. The van der Waals surface area contributed by atoms with Crippen molar-refractivity contribution in [2.75, 3.05) is 4.90 Å². The van der Waals surface area contributed by atoms with Gasteiger partial charge in [-0.3, -0.25) is 9.69 Å². The zero-order chi connectivity index (χ0) is 31.5. The molecule has 0 saturated heterocycles. The molecule has 0 spiro atoms. The Hall–Kier alpha value is -6.05. The molecule has 0 N–H and O–H groups in total. The molecule has 14 heteroatoms. The standard InChI is InChI=1S/C31H26N8O6/c1-19-25-15-16-28(40)37(30(25)33-20(2)32-19)17-21-7-11-23(12-8-21)26-5-3-4-6-27(26)29-34-36-38(35-29)31(41)45-24-13-9-22(10-14-24)18-44-39(42)43/h3-14H,15-18H2,1-2H3. The quantitative estimate of drug-likeness (QED) is 0.178. The van der Waals surface area contributed by atoms with Crippen LogP contribution in [0.5, 0.6) is 5.75 Å². The van der Waals surface area contributed by atoms with Crippen LogP contribution in [0.3, 0.4) is 0 Å². The lowest BCUT2D eigenvalue weighted by atomic mass is 9.98. The fourth-order valence-electron chi connectivity index (χ4n) is 5.11. The fraction of sp³-hybridized carbons (Fsp3) is 0.194. The second-order valence-electron chi connectivity index (χ2n) is 10.3. The Kier molecular flexibility index (Phi) is 7.93. The van der Waals surface area contributed by atoms with Crippen molar-refractivity contribution in [2.45, 2.75) is 39.8 Å². The lowest BCUT2D eigenvalue weighted by molar-refractivity contribution is -0.763. The average molecular weight is 607 g/mol. The molecular weight excluding hydrogens is 580 g/mol. The number of carbonyl (C=O) groups excluding carboxylic acids is 2. The number of nitrogens with zero attached hydrogens (tertiary/aromatic N) is 8. The normalized spacial score (nSPS) is 12.5. The number of benzene rings is 3.